The molecule has 1 unspecified atom stereocenters. The number of rotatable bonds is 5. The van der Waals surface area contributed by atoms with Gasteiger partial charge in [-0.2, -0.15) is 5.26 Å². The molecule has 0 bridgehead atoms. The molecule has 1 aromatic heterocycles. The van der Waals surface area contributed by atoms with Gasteiger partial charge < -0.3 is 10.3 Å². The van der Waals surface area contributed by atoms with Gasteiger partial charge in [-0.1, -0.05) is 32.0 Å². The maximum Gasteiger partial charge on any atom is 0.235 e. The fourth-order valence-corrected chi connectivity index (χ4v) is 3.67. The van der Waals surface area contributed by atoms with E-state index in [0.29, 0.717) is 12.5 Å². The molecule has 138 valence electrons. The highest BCUT2D eigenvalue weighted by Crippen LogP contribution is 2.33. The van der Waals surface area contributed by atoms with Crippen molar-refractivity contribution in [3.63, 3.8) is 0 Å². The van der Waals surface area contributed by atoms with E-state index in [0.717, 1.165) is 25.9 Å². The number of para-hydroxylation sites is 1. The maximum atomic E-state index is 12.4. The molecule has 1 atom stereocenters. The molecule has 1 aliphatic rings. The molecule has 5 heteroatoms. The zero-order valence-corrected chi connectivity index (χ0v) is 15.9. The lowest BCUT2D eigenvalue weighted by Gasteiger charge is -2.33. The van der Waals surface area contributed by atoms with Crippen molar-refractivity contribution in [3.8, 4) is 6.07 Å². The maximum absolute atomic E-state index is 12.4. The number of aromatic nitrogens is 1. The highest BCUT2D eigenvalue weighted by Gasteiger charge is 2.31. The molecule has 1 amide bonds. The Morgan fingerprint density at radius 1 is 1.38 bits per heavy atom. The first-order chi connectivity index (χ1) is 12.4. The van der Waals surface area contributed by atoms with E-state index in [1.54, 1.807) is 6.92 Å². The van der Waals surface area contributed by atoms with Crippen molar-refractivity contribution in [1.29, 1.82) is 5.26 Å². The van der Waals surface area contributed by atoms with Gasteiger partial charge in [0.2, 0.25) is 5.91 Å². The SMILES string of the molecule is CC(C)C(C)(C#N)NC(=O)CN1CCC(c2c[nH]c3ccccc23)CC1. The third kappa shape index (κ3) is 3.76. The molecule has 2 aromatic rings. The summed E-state index contributed by atoms with van der Waals surface area (Å²) < 4.78 is 0. The Morgan fingerprint density at radius 3 is 2.73 bits per heavy atom. The minimum atomic E-state index is -0.806. The van der Waals surface area contributed by atoms with Gasteiger partial charge in [0, 0.05) is 17.1 Å². The van der Waals surface area contributed by atoms with Crippen LogP contribution in [0, 0.1) is 17.2 Å². The van der Waals surface area contributed by atoms with Crippen molar-refractivity contribution in [3.05, 3.63) is 36.0 Å². The molecule has 1 aromatic carbocycles. The van der Waals surface area contributed by atoms with Crippen LogP contribution in [0.3, 0.4) is 0 Å². The summed E-state index contributed by atoms with van der Waals surface area (Å²) in [6.45, 7) is 7.88. The number of nitrogens with one attached hydrogen (secondary N) is 2. The topological polar surface area (TPSA) is 71.9 Å². The molecule has 0 aliphatic carbocycles. The molecule has 1 fully saturated rings. The largest absolute Gasteiger partial charge is 0.361 e. The van der Waals surface area contributed by atoms with Crippen LogP contribution in [0.5, 0.6) is 0 Å². The summed E-state index contributed by atoms with van der Waals surface area (Å²) in [5, 5.41) is 13.6. The molecule has 0 radical (unpaired) electrons. The molecule has 0 spiro atoms. The van der Waals surface area contributed by atoms with Gasteiger partial charge in [0.05, 0.1) is 12.6 Å². The summed E-state index contributed by atoms with van der Waals surface area (Å²) in [6, 6.07) is 10.7. The van der Waals surface area contributed by atoms with E-state index in [4.69, 9.17) is 0 Å². The molecule has 5 nitrogen and oxygen atoms in total. The molecular formula is C21H28N4O. The molecule has 26 heavy (non-hydrogen) atoms. The first kappa shape index (κ1) is 18.5. The number of likely N-dealkylation sites (tertiary alicyclic amines) is 1. The Balaban J connectivity index is 1.56. The fourth-order valence-electron chi connectivity index (χ4n) is 3.67. The normalized spacial score (nSPS) is 18.6. The van der Waals surface area contributed by atoms with Gasteiger partial charge in [-0.25, -0.2) is 0 Å². The third-order valence-corrected chi connectivity index (χ3v) is 5.80. The van der Waals surface area contributed by atoms with Crippen molar-refractivity contribution in [2.24, 2.45) is 5.92 Å². The molecule has 1 saturated heterocycles. The van der Waals surface area contributed by atoms with Crippen molar-refractivity contribution >= 4 is 16.8 Å². The van der Waals surface area contributed by atoms with E-state index in [1.165, 1.54) is 16.5 Å². The van der Waals surface area contributed by atoms with Crippen LogP contribution in [0.15, 0.2) is 30.5 Å². The number of carbonyl (C=O) groups excluding carboxylic acids is 1. The van der Waals surface area contributed by atoms with Gasteiger partial charge in [0.15, 0.2) is 0 Å². The number of fused-ring (bicyclic) bond motifs is 1. The monoisotopic (exact) mass is 352 g/mol. The first-order valence-corrected chi connectivity index (χ1v) is 9.43. The van der Waals surface area contributed by atoms with E-state index < -0.39 is 5.54 Å². The number of nitriles is 1. The van der Waals surface area contributed by atoms with E-state index in [-0.39, 0.29) is 11.8 Å². The molecule has 0 saturated carbocycles. The fraction of sp³-hybridized carbons (Fsp3) is 0.524. The molecular weight excluding hydrogens is 324 g/mol. The van der Waals surface area contributed by atoms with Gasteiger partial charge in [0.1, 0.15) is 5.54 Å². The van der Waals surface area contributed by atoms with Gasteiger partial charge in [0.25, 0.3) is 0 Å². The summed E-state index contributed by atoms with van der Waals surface area (Å²) in [7, 11) is 0. The predicted octanol–water partition coefficient (Wildman–Crippen LogP) is 3.40. The van der Waals surface area contributed by atoms with Crippen LogP contribution in [0.1, 0.15) is 45.1 Å². The number of aromatic amines is 1. The molecule has 1 aliphatic heterocycles. The van der Waals surface area contributed by atoms with Crippen molar-refractivity contribution in [2.45, 2.75) is 45.1 Å². The average Bonchev–Trinajstić information content (AvgIpc) is 3.06. The number of nitrogens with zero attached hydrogens (tertiary/aromatic N) is 2. The van der Waals surface area contributed by atoms with Crippen LogP contribution in [-0.4, -0.2) is 41.0 Å². The highest BCUT2D eigenvalue weighted by atomic mass is 16.2. The zero-order valence-electron chi connectivity index (χ0n) is 15.9. The van der Waals surface area contributed by atoms with Gasteiger partial charge in [-0.3, -0.25) is 9.69 Å². The molecule has 2 heterocycles. The second kappa shape index (κ2) is 7.51. The average molecular weight is 352 g/mol. The summed E-state index contributed by atoms with van der Waals surface area (Å²) in [5.74, 6) is 0.544. The van der Waals surface area contributed by atoms with Crippen molar-refractivity contribution in [1.82, 2.24) is 15.2 Å². The first-order valence-electron chi connectivity index (χ1n) is 9.43. The number of piperidine rings is 1. The van der Waals surface area contributed by atoms with E-state index in [1.807, 2.05) is 13.8 Å². The Kier molecular flexibility index (Phi) is 5.33. The van der Waals surface area contributed by atoms with Crippen LogP contribution >= 0.6 is 0 Å². The summed E-state index contributed by atoms with van der Waals surface area (Å²) >= 11 is 0. The minimum absolute atomic E-state index is 0.0618. The lowest BCUT2D eigenvalue weighted by Crippen LogP contribution is -2.52. The van der Waals surface area contributed by atoms with Crippen molar-refractivity contribution in [2.75, 3.05) is 19.6 Å². The third-order valence-electron chi connectivity index (χ3n) is 5.80. The lowest BCUT2D eigenvalue weighted by molar-refractivity contribution is -0.124. The second-order valence-corrected chi connectivity index (χ2v) is 7.86. The summed E-state index contributed by atoms with van der Waals surface area (Å²) in [4.78, 5) is 17.9. The number of H-pyrrole nitrogens is 1. The minimum Gasteiger partial charge on any atom is -0.361 e. The summed E-state index contributed by atoms with van der Waals surface area (Å²) in [6.07, 6.45) is 4.24. The molecule has 2 N–H and O–H groups in total. The van der Waals surface area contributed by atoms with E-state index >= 15 is 0 Å². The number of hydrogen-bond acceptors (Lipinski definition) is 3. The lowest BCUT2D eigenvalue weighted by atomic mass is 9.89. The van der Waals surface area contributed by atoms with E-state index in [2.05, 4.69) is 51.7 Å². The van der Waals surface area contributed by atoms with Crippen LogP contribution < -0.4 is 5.32 Å². The number of hydrogen-bond donors (Lipinski definition) is 2. The molecule has 3 rings (SSSR count). The second-order valence-electron chi connectivity index (χ2n) is 7.86. The predicted molar refractivity (Wildman–Crippen MR) is 104 cm³/mol. The van der Waals surface area contributed by atoms with Crippen LogP contribution in [0.4, 0.5) is 0 Å². The summed E-state index contributed by atoms with van der Waals surface area (Å²) in [5.41, 5.74) is 1.77. The number of carbonyl (C=O) groups is 1. The standard InChI is InChI=1S/C21H28N4O/c1-15(2)21(3,14-22)24-20(26)13-25-10-8-16(9-11-25)18-12-23-19-7-5-4-6-17(18)19/h4-7,12,15-16,23H,8-11,13H2,1-3H3,(H,24,26). The highest BCUT2D eigenvalue weighted by molar-refractivity contribution is 5.83. The van der Waals surface area contributed by atoms with Crippen LogP contribution in [-0.2, 0) is 4.79 Å². The van der Waals surface area contributed by atoms with E-state index in [9.17, 15) is 10.1 Å². The van der Waals surface area contributed by atoms with Gasteiger partial charge >= 0.3 is 0 Å². The Bertz CT molecular complexity index is 811. The Labute approximate surface area is 155 Å². The van der Waals surface area contributed by atoms with Crippen LogP contribution in [0.25, 0.3) is 10.9 Å². The van der Waals surface area contributed by atoms with Gasteiger partial charge in [-0.15, -0.1) is 0 Å². The zero-order chi connectivity index (χ0) is 18.7. The van der Waals surface area contributed by atoms with Crippen molar-refractivity contribution < 1.29 is 4.79 Å². The van der Waals surface area contributed by atoms with Crippen LogP contribution in [0.2, 0.25) is 0 Å². The quantitative estimate of drug-likeness (QED) is 0.866. The number of amides is 1. The smallest absolute Gasteiger partial charge is 0.235 e. The van der Waals surface area contributed by atoms with Gasteiger partial charge in [-0.05, 0) is 56.3 Å². The Morgan fingerprint density at radius 2 is 2.08 bits per heavy atom. The number of benzene rings is 1. The Hall–Kier alpha value is -2.32.